The van der Waals surface area contributed by atoms with Gasteiger partial charge in [-0.05, 0) is 69.6 Å². The van der Waals surface area contributed by atoms with E-state index in [0.717, 1.165) is 3.57 Å². The zero-order valence-corrected chi connectivity index (χ0v) is 13.6. The Morgan fingerprint density at radius 2 is 2.00 bits per heavy atom. The van der Waals surface area contributed by atoms with E-state index in [1.165, 1.54) is 0 Å². The molecule has 0 aliphatic carbocycles. The standard InChI is InChI=1S/C12H12BrF3INO/c13-10-4-3-8(17)7-9(10)11(19)18-6-2-1-5-12(14,15)16/h3-4,7H,1-2,5-6H2,(H,18,19). The lowest BCUT2D eigenvalue weighted by molar-refractivity contribution is -0.135. The Balaban J connectivity index is 2.38. The van der Waals surface area contributed by atoms with E-state index in [-0.39, 0.29) is 18.9 Å². The molecule has 0 spiro atoms. The number of alkyl halides is 3. The van der Waals surface area contributed by atoms with E-state index in [0.29, 0.717) is 16.5 Å². The second kappa shape index (κ2) is 7.47. The van der Waals surface area contributed by atoms with E-state index < -0.39 is 12.6 Å². The molecule has 0 unspecified atom stereocenters. The van der Waals surface area contributed by atoms with Gasteiger partial charge in [0.25, 0.3) is 5.91 Å². The summed E-state index contributed by atoms with van der Waals surface area (Å²) in [6.45, 7) is 0.243. The van der Waals surface area contributed by atoms with Crippen LogP contribution in [0.2, 0.25) is 0 Å². The molecule has 1 aromatic rings. The van der Waals surface area contributed by atoms with Crippen LogP contribution < -0.4 is 5.32 Å². The molecule has 0 heterocycles. The average molecular weight is 450 g/mol. The molecule has 0 fully saturated rings. The van der Waals surface area contributed by atoms with E-state index in [1.807, 2.05) is 6.07 Å². The summed E-state index contributed by atoms with van der Waals surface area (Å²) in [4.78, 5) is 11.8. The van der Waals surface area contributed by atoms with Gasteiger partial charge in [-0.1, -0.05) is 0 Å². The molecule has 19 heavy (non-hydrogen) atoms. The van der Waals surface area contributed by atoms with E-state index in [2.05, 4.69) is 43.8 Å². The minimum absolute atomic E-state index is 0.0251. The smallest absolute Gasteiger partial charge is 0.352 e. The number of carbonyl (C=O) groups is 1. The first-order chi connectivity index (χ1) is 8.79. The van der Waals surface area contributed by atoms with Crippen molar-refractivity contribution in [3.63, 3.8) is 0 Å². The Morgan fingerprint density at radius 1 is 1.32 bits per heavy atom. The molecule has 7 heteroatoms. The molecular formula is C12H12BrF3INO. The third-order valence-corrected chi connectivity index (χ3v) is 3.71. The van der Waals surface area contributed by atoms with Crippen LogP contribution in [0.4, 0.5) is 13.2 Å². The highest BCUT2D eigenvalue weighted by molar-refractivity contribution is 14.1. The third kappa shape index (κ3) is 6.60. The first kappa shape index (κ1) is 16.7. The molecule has 0 saturated carbocycles. The summed E-state index contributed by atoms with van der Waals surface area (Å²) in [6.07, 6.45) is -4.59. The van der Waals surface area contributed by atoms with E-state index in [1.54, 1.807) is 12.1 Å². The molecule has 1 aromatic carbocycles. The molecule has 0 aromatic heterocycles. The Kier molecular flexibility index (Phi) is 6.58. The van der Waals surface area contributed by atoms with Crippen LogP contribution in [-0.4, -0.2) is 18.6 Å². The van der Waals surface area contributed by atoms with Gasteiger partial charge in [-0.3, -0.25) is 4.79 Å². The highest BCUT2D eigenvalue weighted by Crippen LogP contribution is 2.22. The second-order valence-corrected chi connectivity index (χ2v) is 6.05. The normalized spacial score (nSPS) is 11.4. The molecule has 1 amide bonds. The number of carbonyl (C=O) groups excluding carboxylic acids is 1. The maximum absolute atomic E-state index is 11.9. The van der Waals surface area contributed by atoms with Gasteiger partial charge in [0.1, 0.15) is 0 Å². The van der Waals surface area contributed by atoms with Crippen molar-refractivity contribution < 1.29 is 18.0 Å². The number of benzene rings is 1. The predicted molar refractivity (Wildman–Crippen MR) is 79.1 cm³/mol. The van der Waals surface area contributed by atoms with Crippen LogP contribution in [0.25, 0.3) is 0 Å². The molecule has 0 aliphatic rings. The number of nitrogens with one attached hydrogen (secondary N) is 1. The molecule has 0 radical (unpaired) electrons. The van der Waals surface area contributed by atoms with Crippen molar-refractivity contribution in [3.05, 3.63) is 31.8 Å². The topological polar surface area (TPSA) is 29.1 Å². The predicted octanol–water partition coefficient (Wildman–Crippen LogP) is 4.52. The van der Waals surface area contributed by atoms with Crippen molar-refractivity contribution in [1.82, 2.24) is 5.32 Å². The van der Waals surface area contributed by atoms with Gasteiger partial charge in [0, 0.05) is 21.0 Å². The van der Waals surface area contributed by atoms with E-state index in [4.69, 9.17) is 0 Å². The van der Waals surface area contributed by atoms with Crippen molar-refractivity contribution in [2.24, 2.45) is 0 Å². The Hall–Kier alpha value is -0.310. The van der Waals surface area contributed by atoms with Crippen LogP contribution in [-0.2, 0) is 0 Å². The Morgan fingerprint density at radius 3 is 2.63 bits per heavy atom. The Bertz CT molecular complexity index is 451. The van der Waals surface area contributed by atoms with Gasteiger partial charge < -0.3 is 5.32 Å². The summed E-state index contributed by atoms with van der Waals surface area (Å²) in [5, 5.41) is 2.61. The molecule has 2 nitrogen and oxygen atoms in total. The SMILES string of the molecule is O=C(NCCCCC(F)(F)F)c1cc(I)ccc1Br. The lowest BCUT2D eigenvalue weighted by Gasteiger charge is -2.08. The molecular weight excluding hydrogens is 438 g/mol. The minimum Gasteiger partial charge on any atom is -0.352 e. The quantitative estimate of drug-likeness (QED) is 0.519. The van der Waals surface area contributed by atoms with Gasteiger partial charge in [0.15, 0.2) is 0 Å². The molecule has 1 N–H and O–H groups in total. The van der Waals surface area contributed by atoms with Crippen LogP contribution in [0.1, 0.15) is 29.6 Å². The van der Waals surface area contributed by atoms with Gasteiger partial charge >= 0.3 is 6.18 Å². The fourth-order valence-corrected chi connectivity index (χ4v) is 2.34. The van der Waals surface area contributed by atoms with Crippen LogP contribution in [0.5, 0.6) is 0 Å². The molecule has 1 rings (SSSR count). The summed E-state index contributed by atoms with van der Waals surface area (Å²) in [5.74, 6) is -0.280. The summed E-state index contributed by atoms with van der Waals surface area (Å²) >= 11 is 5.36. The average Bonchev–Trinajstić information content (AvgIpc) is 2.30. The maximum atomic E-state index is 11.9. The number of hydrogen-bond acceptors (Lipinski definition) is 1. The van der Waals surface area contributed by atoms with Gasteiger partial charge in [0.05, 0.1) is 5.56 Å². The monoisotopic (exact) mass is 449 g/mol. The van der Waals surface area contributed by atoms with Crippen LogP contribution >= 0.6 is 38.5 Å². The van der Waals surface area contributed by atoms with Crippen LogP contribution in [0.15, 0.2) is 22.7 Å². The van der Waals surface area contributed by atoms with Crippen molar-refractivity contribution in [3.8, 4) is 0 Å². The molecule has 0 saturated heterocycles. The number of hydrogen-bond donors (Lipinski definition) is 1. The summed E-state index contributed by atoms with van der Waals surface area (Å²) in [5.41, 5.74) is 0.489. The lowest BCUT2D eigenvalue weighted by atomic mass is 10.2. The van der Waals surface area contributed by atoms with Crippen molar-refractivity contribution >= 4 is 44.4 Å². The molecule has 0 aliphatic heterocycles. The fraction of sp³-hybridized carbons (Fsp3) is 0.417. The zero-order chi connectivity index (χ0) is 14.5. The lowest BCUT2D eigenvalue weighted by Crippen LogP contribution is -2.25. The summed E-state index contributed by atoms with van der Waals surface area (Å²) < 4.78 is 37.3. The first-order valence-electron chi connectivity index (χ1n) is 5.59. The number of unbranched alkanes of at least 4 members (excludes halogenated alkanes) is 1. The van der Waals surface area contributed by atoms with Gasteiger partial charge in [-0.15, -0.1) is 0 Å². The maximum Gasteiger partial charge on any atom is 0.389 e. The third-order valence-electron chi connectivity index (χ3n) is 2.35. The minimum atomic E-state index is -4.12. The van der Waals surface area contributed by atoms with Crippen molar-refractivity contribution in [2.45, 2.75) is 25.4 Å². The molecule has 0 atom stereocenters. The van der Waals surface area contributed by atoms with Crippen molar-refractivity contribution in [1.29, 1.82) is 0 Å². The number of rotatable bonds is 5. The largest absolute Gasteiger partial charge is 0.389 e. The molecule has 0 bridgehead atoms. The van der Waals surface area contributed by atoms with Gasteiger partial charge in [-0.2, -0.15) is 13.2 Å². The summed E-state index contributed by atoms with van der Waals surface area (Å²) in [6, 6.07) is 5.33. The van der Waals surface area contributed by atoms with Crippen LogP contribution in [0.3, 0.4) is 0 Å². The number of halogens is 5. The fourth-order valence-electron chi connectivity index (χ4n) is 1.42. The first-order valence-corrected chi connectivity index (χ1v) is 7.47. The van der Waals surface area contributed by atoms with Crippen LogP contribution in [0, 0.1) is 3.57 Å². The molecule has 106 valence electrons. The Labute approximate surface area is 131 Å². The van der Waals surface area contributed by atoms with Crippen molar-refractivity contribution in [2.75, 3.05) is 6.54 Å². The van der Waals surface area contributed by atoms with E-state index >= 15 is 0 Å². The zero-order valence-electron chi connectivity index (χ0n) is 9.86. The van der Waals surface area contributed by atoms with E-state index in [9.17, 15) is 18.0 Å². The van der Waals surface area contributed by atoms with Gasteiger partial charge in [0.2, 0.25) is 0 Å². The summed E-state index contributed by atoms with van der Waals surface area (Å²) in [7, 11) is 0. The highest BCUT2D eigenvalue weighted by atomic mass is 127. The second-order valence-electron chi connectivity index (χ2n) is 3.95. The number of amides is 1. The van der Waals surface area contributed by atoms with Gasteiger partial charge in [-0.25, -0.2) is 0 Å². The highest BCUT2D eigenvalue weighted by Gasteiger charge is 2.25.